The summed E-state index contributed by atoms with van der Waals surface area (Å²) < 4.78 is 25.3. The Morgan fingerprint density at radius 3 is 2.48 bits per heavy atom. The summed E-state index contributed by atoms with van der Waals surface area (Å²) in [6, 6.07) is 4.92. The van der Waals surface area contributed by atoms with E-state index >= 15 is 0 Å². The van der Waals surface area contributed by atoms with Crippen LogP contribution in [-0.2, 0) is 10.0 Å². The predicted molar refractivity (Wildman–Crippen MR) is 84.6 cm³/mol. The van der Waals surface area contributed by atoms with Crippen molar-refractivity contribution in [2.45, 2.75) is 30.6 Å². The maximum absolute atomic E-state index is 12.1. The van der Waals surface area contributed by atoms with E-state index in [1.54, 1.807) is 12.1 Å². The van der Waals surface area contributed by atoms with Gasteiger partial charge in [-0.3, -0.25) is 0 Å². The van der Waals surface area contributed by atoms with Crippen molar-refractivity contribution >= 4 is 21.4 Å². The molecular weight excluding hydrogens is 286 g/mol. The normalized spacial score (nSPS) is 20.5. The summed E-state index contributed by atoms with van der Waals surface area (Å²) in [5.41, 5.74) is 7.82. The van der Waals surface area contributed by atoms with Crippen LogP contribution >= 0.6 is 0 Å². The highest BCUT2D eigenvalue weighted by Crippen LogP contribution is 2.61. The highest BCUT2D eigenvalue weighted by Gasteiger charge is 2.53. The first-order valence-corrected chi connectivity index (χ1v) is 8.85. The third-order valence-electron chi connectivity index (χ3n) is 4.77. The zero-order valence-corrected chi connectivity index (χ0v) is 13.4. The van der Waals surface area contributed by atoms with Gasteiger partial charge < -0.3 is 11.1 Å². The fraction of sp³-hybridized carbons (Fsp3) is 0.600. The Hall–Kier alpha value is -1.27. The molecular formula is C15H23N3O2S. The smallest absolute Gasteiger partial charge is 0.242 e. The van der Waals surface area contributed by atoms with E-state index in [4.69, 9.17) is 5.73 Å². The third-order valence-corrected chi connectivity index (χ3v) is 6.58. The van der Waals surface area contributed by atoms with Gasteiger partial charge in [0, 0.05) is 20.6 Å². The van der Waals surface area contributed by atoms with Crippen molar-refractivity contribution in [3.8, 4) is 0 Å². The zero-order chi connectivity index (χ0) is 15.3. The van der Waals surface area contributed by atoms with E-state index in [-0.39, 0.29) is 4.90 Å². The van der Waals surface area contributed by atoms with Crippen LogP contribution in [0.15, 0.2) is 23.1 Å². The molecule has 0 atom stereocenters. The second-order valence-corrected chi connectivity index (χ2v) is 8.68. The van der Waals surface area contributed by atoms with Gasteiger partial charge in [-0.15, -0.1) is 0 Å². The highest BCUT2D eigenvalue weighted by atomic mass is 32.2. The Balaban J connectivity index is 1.73. The van der Waals surface area contributed by atoms with Crippen LogP contribution in [-0.4, -0.2) is 33.4 Å². The molecule has 21 heavy (non-hydrogen) atoms. The number of nitrogens with zero attached hydrogens (tertiary/aromatic N) is 1. The Bertz CT molecular complexity index is 647. The molecule has 0 amide bonds. The van der Waals surface area contributed by atoms with Gasteiger partial charge in [-0.2, -0.15) is 0 Å². The van der Waals surface area contributed by atoms with Gasteiger partial charge in [-0.1, -0.05) is 0 Å². The van der Waals surface area contributed by atoms with Crippen molar-refractivity contribution in [1.82, 2.24) is 4.31 Å². The molecule has 5 nitrogen and oxygen atoms in total. The molecule has 1 aromatic rings. The summed E-state index contributed by atoms with van der Waals surface area (Å²) in [7, 11) is -0.389. The molecule has 0 saturated heterocycles. The fourth-order valence-corrected chi connectivity index (χ4v) is 3.87. The van der Waals surface area contributed by atoms with E-state index in [0.717, 1.165) is 18.2 Å². The summed E-state index contributed by atoms with van der Waals surface area (Å²) in [6.45, 7) is 0.946. The van der Waals surface area contributed by atoms with Crippen molar-refractivity contribution in [3.63, 3.8) is 0 Å². The molecule has 3 N–H and O–H groups in total. The second kappa shape index (κ2) is 4.88. The van der Waals surface area contributed by atoms with E-state index in [0.29, 0.717) is 11.1 Å². The SMILES string of the molecule is CN(C)S(=O)(=O)c1ccc(NCC2(C3CC3)CC2)c(N)c1. The first kappa shape index (κ1) is 14.7. The fourth-order valence-electron chi connectivity index (χ4n) is 2.93. The summed E-state index contributed by atoms with van der Waals surface area (Å²) >= 11 is 0. The minimum Gasteiger partial charge on any atom is -0.397 e. The van der Waals surface area contributed by atoms with Crippen LogP contribution in [0, 0.1) is 11.3 Å². The third kappa shape index (κ3) is 2.74. The second-order valence-electron chi connectivity index (χ2n) is 6.53. The first-order chi connectivity index (χ1) is 9.85. The molecule has 116 valence electrons. The molecule has 0 spiro atoms. The molecule has 2 saturated carbocycles. The van der Waals surface area contributed by atoms with Gasteiger partial charge in [0.15, 0.2) is 0 Å². The van der Waals surface area contributed by atoms with E-state index in [1.165, 1.54) is 50.2 Å². The first-order valence-electron chi connectivity index (χ1n) is 7.41. The Morgan fingerprint density at radius 2 is 2.00 bits per heavy atom. The van der Waals surface area contributed by atoms with Crippen LogP contribution in [0.2, 0.25) is 0 Å². The van der Waals surface area contributed by atoms with Crippen LogP contribution in [0.4, 0.5) is 11.4 Å². The summed E-state index contributed by atoms with van der Waals surface area (Å²) in [6.07, 6.45) is 5.32. The largest absolute Gasteiger partial charge is 0.397 e. The minimum atomic E-state index is -3.43. The molecule has 0 heterocycles. The van der Waals surface area contributed by atoms with Crippen molar-refractivity contribution < 1.29 is 8.42 Å². The van der Waals surface area contributed by atoms with Gasteiger partial charge >= 0.3 is 0 Å². The molecule has 1 aromatic carbocycles. The summed E-state index contributed by atoms with van der Waals surface area (Å²) in [5, 5.41) is 3.41. The van der Waals surface area contributed by atoms with Gasteiger partial charge in [0.05, 0.1) is 16.3 Å². The number of nitrogens with one attached hydrogen (secondary N) is 1. The van der Waals surface area contributed by atoms with Crippen molar-refractivity contribution in [3.05, 3.63) is 18.2 Å². The molecule has 2 aliphatic carbocycles. The number of benzene rings is 1. The average Bonchev–Trinajstić information content (AvgIpc) is 3.28. The number of hydrogen-bond acceptors (Lipinski definition) is 4. The van der Waals surface area contributed by atoms with Crippen LogP contribution < -0.4 is 11.1 Å². The van der Waals surface area contributed by atoms with Gasteiger partial charge in [0.25, 0.3) is 0 Å². The van der Waals surface area contributed by atoms with Crippen LogP contribution in [0.1, 0.15) is 25.7 Å². The van der Waals surface area contributed by atoms with Crippen LogP contribution in [0.25, 0.3) is 0 Å². The molecule has 2 aliphatic rings. The number of sulfonamides is 1. The summed E-state index contributed by atoms with van der Waals surface area (Å²) in [5.74, 6) is 0.889. The van der Waals surface area contributed by atoms with Gasteiger partial charge in [0.2, 0.25) is 10.0 Å². The van der Waals surface area contributed by atoms with E-state index in [2.05, 4.69) is 5.32 Å². The molecule has 0 unspecified atom stereocenters. The number of nitrogens with two attached hydrogens (primary N) is 1. The monoisotopic (exact) mass is 309 g/mol. The quantitative estimate of drug-likeness (QED) is 0.789. The van der Waals surface area contributed by atoms with Crippen molar-refractivity contribution in [2.75, 3.05) is 31.7 Å². The number of hydrogen-bond donors (Lipinski definition) is 2. The maximum Gasteiger partial charge on any atom is 0.242 e. The standard InChI is InChI=1S/C15H23N3O2S/c1-18(2)21(19,20)12-5-6-14(13(16)9-12)17-10-15(7-8-15)11-3-4-11/h5-6,9,11,17H,3-4,7-8,10,16H2,1-2H3. The van der Waals surface area contributed by atoms with Gasteiger partial charge in [-0.25, -0.2) is 12.7 Å². The Morgan fingerprint density at radius 1 is 1.33 bits per heavy atom. The molecule has 0 bridgehead atoms. The van der Waals surface area contributed by atoms with Crippen LogP contribution in [0.3, 0.4) is 0 Å². The average molecular weight is 309 g/mol. The Labute approximate surface area is 126 Å². The maximum atomic E-state index is 12.1. The predicted octanol–water partition coefficient (Wildman–Crippen LogP) is 2.12. The number of rotatable bonds is 6. The molecule has 0 aromatic heterocycles. The highest BCUT2D eigenvalue weighted by molar-refractivity contribution is 7.89. The topological polar surface area (TPSA) is 75.4 Å². The van der Waals surface area contributed by atoms with Crippen LogP contribution in [0.5, 0.6) is 0 Å². The molecule has 0 aliphatic heterocycles. The molecule has 2 fully saturated rings. The van der Waals surface area contributed by atoms with Gasteiger partial charge in [-0.05, 0) is 55.2 Å². The minimum absolute atomic E-state index is 0.235. The van der Waals surface area contributed by atoms with Gasteiger partial charge in [0.1, 0.15) is 0 Å². The lowest BCUT2D eigenvalue weighted by atomic mass is 10.0. The van der Waals surface area contributed by atoms with E-state index in [9.17, 15) is 8.42 Å². The van der Waals surface area contributed by atoms with Crippen molar-refractivity contribution in [2.24, 2.45) is 11.3 Å². The lowest BCUT2D eigenvalue weighted by molar-refractivity contribution is 0.467. The van der Waals surface area contributed by atoms with E-state index < -0.39 is 10.0 Å². The van der Waals surface area contributed by atoms with Crippen molar-refractivity contribution in [1.29, 1.82) is 0 Å². The lowest BCUT2D eigenvalue weighted by Crippen LogP contribution is -2.22. The number of anilines is 2. The molecule has 6 heteroatoms. The zero-order valence-electron chi connectivity index (χ0n) is 12.6. The molecule has 3 rings (SSSR count). The van der Waals surface area contributed by atoms with E-state index in [1.807, 2.05) is 0 Å². The number of nitrogen functional groups attached to an aromatic ring is 1. The molecule has 0 radical (unpaired) electrons. The Kier molecular flexibility index (Phi) is 3.41. The lowest BCUT2D eigenvalue weighted by Gasteiger charge is -2.18. The summed E-state index contributed by atoms with van der Waals surface area (Å²) in [4.78, 5) is 0.235.